The number of carbonyl (C=O) groups is 1. The minimum atomic E-state index is -4.70. The van der Waals surface area contributed by atoms with Crippen LogP contribution in [0.2, 0.25) is 0 Å². The summed E-state index contributed by atoms with van der Waals surface area (Å²) in [6.07, 6.45) is 1.32. The molecule has 13 nitrogen and oxygen atoms in total. The van der Waals surface area contributed by atoms with Crippen molar-refractivity contribution in [3.8, 4) is 11.8 Å². The highest BCUT2D eigenvalue weighted by atomic mass is 32.2. The lowest BCUT2D eigenvalue weighted by Gasteiger charge is -2.11. The molecule has 0 saturated carbocycles. The molecule has 0 atom stereocenters. The van der Waals surface area contributed by atoms with Gasteiger partial charge in [0, 0.05) is 6.20 Å². The Kier molecular flexibility index (Phi) is 6.23. The average molecular weight is 485 g/mol. The first kappa shape index (κ1) is 23.2. The summed E-state index contributed by atoms with van der Waals surface area (Å²) < 4.78 is 64.4. The number of hydrogen-bond acceptors (Lipinski definition) is 10. The summed E-state index contributed by atoms with van der Waals surface area (Å²) in [4.78, 5) is 24.1. The fourth-order valence-corrected chi connectivity index (χ4v) is 5.34. The SMILES string of the molecule is COc1cc(OC)nc(NC(=O)NS(=O)(=O)c2c(S(=O)(=O)C(C)C)nc3ccccn23)n1. The van der Waals surface area contributed by atoms with Crippen molar-refractivity contribution in [2.75, 3.05) is 19.5 Å². The number of sulfone groups is 1. The van der Waals surface area contributed by atoms with E-state index in [1.807, 2.05) is 0 Å². The van der Waals surface area contributed by atoms with E-state index in [-0.39, 0.29) is 23.4 Å². The second-order valence-corrected chi connectivity index (χ2v) is 10.6. The van der Waals surface area contributed by atoms with Crippen LogP contribution in [0.5, 0.6) is 11.8 Å². The van der Waals surface area contributed by atoms with Crippen molar-refractivity contribution in [2.24, 2.45) is 0 Å². The van der Waals surface area contributed by atoms with Crippen molar-refractivity contribution < 1.29 is 31.1 Å². The van der Waals surface area contributed by atoms with Gasteiger partial charge in [-0.05, 0) is 26.0 Å². The first-order valence-corrected chi connectivity index (χ1v) is 12.0. The van der Waals surface area contributed by atoms with Gasteiger partial charge in [0.05, 0.1) is 25.5 Å². The Morgan fingerprint density at radius 3 is 2.22 bits per heavy atom. The van der Waals surface area contributed by atoms with Crippen LogP contribution in [-0.2, 0) is 19.9 Å². The van der Waals surface area contributed by atoms with Gasteiger partial charge in [0.1, 0.15) is 5.65 Å². The Bertz CT molecular complexity index is 1360. The minimum Gasteiger partial charge on any atom is -0.481 e. The number of hydrogen-bond donors (Lipinski definition) is 2. The van der Waals surface area contributed by atoms with Gasteiger partial charge in [-0.3, -0.25) is 9.72 Å². The summed E-state index contributed by atoms with van der Waals surface area (Å²) in [5, 5.41) is -0.165. The zero-order chi connectivity index (χ0) is 23.7. The standard InChI is InChI=1S/C17H20N6O7S2/c1-10(2)31(25,26)14-15(23-8-6-5-7-11(23)18-14)32(27,28)22-17(24)21-16-19-12(29-3)9-13(20-16)30-4/h5-10H,1-4H3,(H2,19,20,21,22,24). The van der Waals surface area contributed by atoms with Gasteiger partial charge in [-0.2, -0.15) is 18.4 Å². The number of imidazole rings is 1. The van der Waals surface area contributed by atoms with Crippen LogP contribution in [0.3, 0.4) is 0 Å². The third-order valence-electron chi connectivity index (χ3n) is 4.15. The van der Waals surface area contributed by atoms with Crippen LogP contribution in [0.4, 0.5) is 10.7 Å². The fourth-order valence-electron chi connectivity index (χ4n) is 2.57. The fraction of sp³-hybridized carbons (Fsp3) is 0.294. The second kappa shape index (κ2) is 8.58. The molecule has 32 heavy (non-hydrogen) atoms. The summed E-state index contributed by atoms with van der Waals surface area (Å²) >= 11 is 0. The Morgan fingerprint density at radius 1 is 1.03 bits per heavy atom. The number of ether oxygens (including phenoxy) is 2. The van der Waals surface area contributed by atoms with E-state index in [0.717, 1.165) is 4.40 Å². The van der Waals surface area contributed by atoms with E-state index < -0.39 is 41.2 Å². The van der Waals surface area contributed by atoms with Crippen molar-refractivity contribution in [1.82, 2.24) is 24.1 Å². The summed E-state index contributed by atoms with van der Waals surface area (Å²) in [6, 6.07) is 4.61. The molecular formula is C17H20N6O7S2. The molecule has 172 valence electrons. The van der Waals surface area contributed by atoms with Crippen LogP contribution in [0.25, 0.3) is 5.65 Å². The second-order valence-electron chi connectivity index (χ2n) is 6.58. The molecule has 3 aromatic rings. The number of pyridine rings is 1. The maximum absolute atomic E-state index is 13.1. The van der Waals surface area contributed by atoms with Gasteiger partial charge in [0.25, 0.3) is 10.0 Å². The minimum absolute atomic E-state index is 0.0575. The predicted molar refractivity (Wildman–Crippen MR) is 112 cm³/mol. The monoisotopic (exact) mass is 484 g/mol. The third-order valence-corrected chi connectivity index (χ3v) is 7.70. The van der Waals surface area contributed by atoms with Crippen molar-refractivity contribution in [2.45, 2.75) is 29.1 Å². The molecule has 0 unspecified atom stereocenters. The summed E-state index contributed by atoms with van der Waals surface area (Å²) in [6.45, 7) is 2.78. The van der Waals surface area contributed by atoms with Crippen molar-refractivity contribution in [1.29, 1.82) is 0 Å². The van der Waals surface area contributed by atoms with E-state index in [2.05, 4.69) is 20.3 Å². The van der Waals surface area contributed by atoms with E-state index in [9.17, 15) is 21.6 Å². The van der Waals surface area contributed by atoms with E-state index in [1.165, 1.54) is 52.5 Å². The number of urea groups is 1. The zero-order valence-corrected chi connectivity index (χ0v) is 19.1. The normalized spacial score (nSPS) is 12.0. The van der Waals surface area contributed by atoms with Crippen LogP contribution in [0, 0.1) is 0 Å². The first-order chi connectivity index (χ1) is 15.0. The van der Waals surface area contributed by atoms with E-state index in [4.69, 9.17) is 9.47 Å². The van der Waals surface area contributed by atoms with Gasteiger partial charge < -0.3 is 9.47 Å². The van der Waals surface area contributed by atoms with E-state index in [1.54, 1.807) is 10.8 Å². The molecule has 2 amide bonds. The molecule has 0 fully saturated rings. The number of fused-ring (bicyclic) bond motifs is 1. The van der Waals surface area contributed by atoms with Gasteiger partial charge in [0.2, 0.25) is 27.5 Å². The lowest BCUT2D eigenvalue weighted by Crippen LogP contribution is -2.36. The number of anilines is 1. The summed E-state index contributed by atoms with van der Waals surface area (Å²) in [7, 11) is -6.14. The lowest BCUT2D eigenvalue weighted by molar-refractivity contribution is 0.256. The van der Waals surface area contributed by atoms with Gasteiger partial charge >= 0.3 is 6.03 Å². The van der Waals surface area contributed by atoms with Crippen LogP contribution in [0.15, 0.2) is 40.5 Å². The Hall–Kier alpha value is -3.46. The Morgan fingerprint density at radius 2 is 1.66 bits per heavy atom. The van der Waals surface area contributed by atoms with E-state index >= 15 is 0 Å². The average Bonchev–Trinajstić information content (AvgIpc) is 3.14. The molecule has 0 aromatic carbocycles. The van der Waals surface area contributed by atoms with Gasteiger partial charge in [0.15, 0.2) is 10.1 Å². The number of methoxy groups -OCH3 is 2. The largest absolute Gasteiger partial charge is 0.481 e. The molecule has 3 rings (SSSR count). The number of sulfonamides is 1. The van der Waals surface area contributed by atoms with Crippen molar-refractivity contribution >= 4 is 37.5 Å². The number of amides is 2. The third kappa shape index (κ3) is 4.43. The highest BCUT2D eigenvalue weighted by molar-refractivity contribution is 7.94. The van der Waals surface area contributed by atoms with Crippen LogP contribution < -0.4 is 19.5 Å². The van der Waals surface area contributed by atoms with Gasteiger partial charge in [-0.25, -0.2) is 22.9 Å². The molecule has 0 saturated heterocycles. The number of rotatable bonds is 7. The van der Waals surface area contributed by atoms with Crippen LogP contribution >= 0.6 is 0 Å². The molecule has 3 aromatic heterocycles. The number of aromatic nitrogens is 4. The van der Waals surface area contributed by atoms with Crippen molar-refractivity contribution in [3.63, 3.8) is 0 Å². The smallest absolute Gasteiger partial charge is 0.335 e. The first-order valence-electron chi connectivity index (χ1n) is 9.01. The molecule has 0 aliphatic rings. The molecule has 0 bridgehead atoms. The highest BCUT2D eigenvalue weighted by Crippen LogP contribution is 2.26. The van der Waals surface area contributed by atoms with E-state index in [0.29, 0.717) is 0 Å². The molecule has 2 N–H and O–H groups in total. The van der Waals surface area contributed by atoms with Crippen LogP contribution in [0.1, 0.15) is 13.8 Å². The van der Waals surface area contributed by atoms with Crippen LogP contribution in [-0.4, -0.2) is 61.7 Å². The topological polar surface area (TPSA) is 171 Å². The van der Waals surface area contributed by atoms with Crippen molar-refractivity contribution in [3.05, 3.63) is 30.5 Å². The Balaban J connectivity index is 2.01. The maximum atomic E-state index is 13.1. The van der Waals surface area contributed by atoms with Gasteiger partial charge in [-0.1, -0.05) is 6.07 Å². The number of nitrogens with zero attached hydrogens (tertiary/aromatic N) is 4. The molecule has 15 heteroatoms. The lowest BCUT2D eigenvalue weighted by atomic mass is 10.5. The summed E-state index contributed by atoms with van der Waals surface area (Å²) in [5.74, 6) is -0.189. The Labute approximate surface area is 183 Å². The molecule has 0 radical (unpaired) electrons. The highest BCUT2D eigenvalue weighted by Gasteiger charge is 2.35. The molecular weight excluding hydrogens is 464 g/mol. The number of nitrogens with one attached hydrogen (secondary N) is 2. The number of carbonyl (C=O) groups excluding carboxylic acids is 1. The summed E-state index contributed by atoms with van der Waals surface area (Å²) in [5.41, 5.74) is 0.0772. The maximum Gasteiger partial charge on any atom is 0.335 e. The quantitative estimate of drug-likeness (QED) is 0.489. The van der Waals surface area contributed by atoms with Gasteiger partial charge in [-0.15, -0.1) is 0 Å². The molecule has 0 aliphatic carbocycles. The molecule has 0 aliphatic heterocycles. The molecule has 3 heterocycles. The predicted octanol–water partition coefficient (Wildman–Crippen LogP) is 0.834. The molecule has 0 spiro atoms. The zero-order valence-electron chi connectivity index (χ0n) is 17.4.